The molecule has 0 saturated carbocycles. The summed E-state index contributed by atoms with van der Waals surface area (Å²) in [6.07, 6.45) is 7.35. The van der Waals surface area contributed by atoms with Crippen molar-refractivity contribution in [2.24, 2.45) is 10.9 Å². The summed E-state index contributed by atoms with van der Waals surface area (Å²) in [4.78, 5) is 8.87. The number of halogens is 1. The molecule has 0 unspecified atom stereocenters. The van der Waals surface area contributed by atoms with Gasteiger partial charge in [-0.15, -0.1) is 35.3 Å². The largest absolute Gasteiger partial charge is 0.357 e. The minimum atomic E-state index is 0. The summed E-state index contributed by atoms with van der Waals surface area (Å²) < 4.78 is 1.97. The highest BCUT2D eigenvalue weighted by atomic mass is 127. The molecule has 156 valence electrons. The smallest absolute Gasteiger partial charge is 0.191 e. The van der Waals surface area contributed by atoms with Crippen molar-refractivity contribution < 1.29 is 0 Å². The van der Waals surface area contributed by atoms with Crippen LogP contribution in [0, 0.1) is 5.92 Å². The highest BCUT2D eigenvalue weighted by Crippen LogP contribution is 2.20. The second kappa shape index (κ2) is 13.2. The number of nitrogens with one attached hydrogen (secondary N) is 2. The molecule has 1 aliphatic heterocycles. The molecule has 0 amide bonds. The SMILES string of the molecule is CCNC(=NCC1CCN(Cc2cccs2)CC1)NCCCn1cccn1.I. The number of nitrogens with zero attached hydrogens (tertiary/aromatic N) is 4. The number of aliphatic imine (C=N–C) groups is 1. The summed E-state index contributed by atoms with van der Waals surface area (Å²) in [6.45, 7) is 9.24. The Hall–Kier alpha value is -1.13. The molecule has 1 aliphatic rings. The summed E-state index contributed by atoms with van der Waals surface area (Å²) in [5.41, 5.74) is 0. The molecule has 1 fully saturated rings. The van der Waals surface area contributed by atoms with Crippen LogP contribution in [-0.4, -0.2) is 53.4 Å². The highest BCUT2D eigenvalue weighted by Gasteiger charge is 2.19. The molecule has 28 heavy (non-hydrogen) atoms. The lowest BCUT2D eigenvalue weighted by molar-refractivity contribution is 0.182. The Balaban J connectivity index is 0.00000280. The van der Waals surface area contributed by atoms with Crippen LogP contribution in [0.15, 0.2) is 41.0 Å². The lowest BCUT2D eigenvalue weighted by Gasteiger charge is -2.31. The van der Waals surface area contributed by atoms with Crippen LogP contribution in [0.5, 0.6) is 0 Å². The van der Waals surface area contributed by atoms with E-state index in [-0.39, 0.29) is 24.0 Å². The van der Waals surface area contributed by atoms with Crippen molar-refractivity contribution in [1.29, 1.82) is 0 Å². The molecule has 0 spiro atoms. The lowest BCUT2D eigenvalue weighted by Crippen LogP contribution is -2.39. The van der Waals surface area contributed by atoms with E-state index in [1.54, 1.807) is 0 Å². The molecule has 0 aliphatic carbocycles. The van der Waals surface area contributed by atoms with Crippen molar-refractivity contribution in [2.75, 3.05) is 32.7 Å². The summed E-state index contributed by atoms with van der Waals surface area (Å²) in [7, 11) is 0. The average Bonchev–Trinajstić information content (AvgIpc) is 3.38. The van der Waals surface area contributed by atoms with Gasteiger partial charge in [-0.25, -0.2) is 0 Å². The minimum absolute atomic E-state index is 0. The first kappa shape index (κ1) is 23.2. The van der Waals surface area contributed by atoms with Crippen molar-refractivity contribution in [2.45, 2.75) is 39.3 Å². The topological polar surface area (TPSA) is 57.5 Å². The van der Waals surface area contributed by atoms with Crippen molar-refractivity contribution in [3.8, 4) is 0 Å². The normalized spacial score (nSPS) is 16.0. The highest BCUT2D eigenvalue weighted by molar-refractivity contribution is 14.0. The fraction of sp³-hybridized carbons (Fsp3) is 0.600. The van der Waals surface area contributed by atoms with Gasteiger partial charge in [-0.1, -0.05) is 6.07 Å². The molecule has 8 heteroatoms. The summed E-state index contributed by atoms with van der Waals surface area (Å²) in [5.74, 6) is 1.64. The van der Waals surface area contributed by atoms with Gasteiger partial charge >= 0.3 is 0 Å². The third-order valence-corrected chi connectivity index (χ3v) is 5.80. The first-order chi connectivity index (χ1) is 13.3. The van der Waals surface area contributed by atoms with Gasteiger partial charge in [-0.3, -0.25) is 14.6 Å². The van der Waals surface area contributed by atoms with Crippen LogP contribution in [0.4, 0.5) is 0 Å². The number of rotatable bonds is 9. The molecular formula is C20H33IN6S. The van der Waals surface area contributed by atoms with E-state index in [0.29, 0.717) is 5.92 Å². The zero-order valence-corrected chi connectivity index (χ0v) is 19.9. The van der Waals surface area contributed by atoms with Crippen molar-refractivity contribution in [3.63, 3.8) is 0 Å². The molecule has 0 bridgehead atoms. The average molecular weight is 516 g/mol. The summed E-state index contributed by atoms with van der Waals surface area (Å²) >= 11 is 1.86. The predicted octanol–water partition coefficient (Wildman–Crippen LogP) is 3.42. The van der Waals surface area contributed by atoms with Crippen LogP contribution in [0.3, 0.4) is 0 Å². The van der Waals surface area contributed by atoms with Crippen LogP contribution in [0.1, 0.15) is 31.1 Å². The number of aryl methyl sites for hydroxylation is 1. The fourth-order valence-electron chi connectivity index (χ4n) is 3.39. The quantitative estimate of drug-likeness (QED) is 0.232. The predicted molar refractivity (Wildman–Crippen MR) is 129 cm³/mol. The fourth-order valence-corrected chi connectivity index (χ4v) is 4.14. The van der Waals surface area contributed by atoms with E-state index < -0.39 is 0 Å². The number of likely N-dealkylation sites (tertiary alicyclic amines) is 1. The standard InChI is InChI=1S/C20H32N6S.HI/c1-2-21-20(22-9-4-11-26-12-5-10-24-26)23-16-18-7-13-25(14-8-18)17-19-6-3-15-27-19;/h3,5-6,10,12,15,18H,2,4,7-9,11,13-14,16-17H2,1H3,(H2,21,22,23);1H. The van der Waals surface area contributed by atoms with Gasteiger partial charge in [0.1, 0.15) is 0 Å². The summed E-state index contributed by atoms with van der Waals surface area (Å²) in [5, 5.41) is 13.2. The molecule has 6 nitrogen and oxygen atoms in total. The third kappa shape index (κ3) is 8.08. The Morgan fingerprint density at radius 3 is 2.82 bits per heavy atom. The van der Waals surface area contributed by atoms with E-state index in [4.69, 9.17) is 4.99 Å². The minimum Gasteiger partial charge on any atom is -0.357 e. The molecule has 2 aromatic rings. The van der Waals surface area contributed by atoms with Gasteiger partial charge in [0.05, 0.1) is 0 Å². The van der Waals surface area contributed by atoms with Gasteiger partial charge in [0.2, 0.25) is 0 Å². The van der Waals surface area contributed by atoms with Gasteiger partial charge < -0.3 is 10.6 Å². The van der Waals surface area contributed by atoms with Crippen LogP contribution in [-0.2, 0) is 13.1 Å². The van der Waals surface area contributed by atoms with Crippen molar-refractivity contribution >= 4 is 41.3 Å². The maximum absolute atomic E-state index is 4.83. The zero-order chi connectivity index (χ0) is 18.7. The van der Waals surface area contributed by atoms with Gasteiger partial charge in [-0.2, -0.15) is 5.10 Å². The number of piperidine rings is 1. The van der Waals surface area contributed by atoms with E-state index in [1.165, 1.54) is 30.8 Å². The Morgan fingerprint density at radius 2 is 2.14 bits per heavy atom. The Kier molecular flexibility index (Phi) is 10.9. The second-order valence-corrected chi connectivity index (χ2v) is 8.10. The van der Waals surface area contributed by atoms with Gasteiger partial charge in [0.15, 0.2) is 5.96 Å². The van der Waals surface area contributed by atoms with Crippen molar-refractivity contribution in [1.82, 2.24) is 25.3 Å². The Labute approximate surface area is 189 Å². The molecule has 3 heterocycles. The molecule has 0 radical (unpaired) electrons. The molecule has 3 rings (SSSR count). The number of thiophene rings is 1. The molecule has 2 aromatic heterocycles. The zero-order valence-electron chi connectivity index (χ0n) is 16.7. The Morgan fingerprint density at radius 1 is 1.29 bits per heavy atom. The number of hydrogen-bond acceptors (Lipinski definition) is 4. The third-order valence-electron chi connectivity index (χ3n) is 4.93. The molecule has 0 aromatic carbocycles. The maximum atomic E-state index is 4.83. The Bertz CT molecular complexity index is 650. The van der Waals surface area contributed by atoms with E-state index >= 15 is 0 Å². The monoisotopic (exact) mass is 516 g/mol. The number of guanidine groups is 1. The van der Waals surface area contributed by atoms with E-state index in [9.17, 15) is 0 Å². The molecule has 2 N–H and O–H groups in total. The van der Waals surface area contributed by atoms with Crippen LogP contribution < -0.4 is 10.6 Å². The first-order valence-corrected chi connectivity index (χ1v) is 11.0. The van der Waals surface area contributed by atoms with E-state index in [1.807, 2.05) is 34.5 Å². The molecular weight excluding hydrogens is 483 g/mol. The lowest BCUT2D eigenvalue weighted by atomic mass is 9.97. The maximum Gasteiger partial charge on any atom is 0.191 e. The van der Waals surface area contributed by atoms with Crippen LogP contribution >= 0.6 is 35.3 Å². The van der Waals surface area contributed by atoms with Gasteiger partial charge in [-0.05, 0) is 62.7 Å². The first-order valence-electron chi connectivity index (χ1n) is 10.1. The van der Waals surface area contributed by atoms with Crippen LogP contribution in [0.25, 0.3) is 0 Å². The number of aromatic nitrogens is 2. The van der Waals surface area contributed by atoms with Crippen LogP contribution in [0.2, 0.25) is 0 Å². The van der Waals surface area contributed by atoms with Gasteiger partial charge in [0.25, 0.3) is 0 Å². The number of hydrogen-bond donors (Lipinski definition) is 2. The summed E-state index contributed by atoms with van der Waals surface area (Å²) in [6, 6.07) is 6.35. The van der Waals surface area contributed by atoms with Crippen molar-refractivity contribution in [3.05, 3.63) is 40.8 Å². The van der Waals surface area contributed by atoms with Gasteiger partial charge in [0, 0.05) is 50.0 Å². The van der Waals surface area contributed by atoms with E-state index in [0.717, 1.165) is 45.1 Å². The second-order valence-electron chi connectivity index (χ2n) is 7.07. The molecule has 1 saturated heterocycles. The molecule has 0 atom stereocenters. The van der Waals surface area contributed by atoms with E-state index in [2.05, 4.69) is 45.1 Å².